The van der Waals surface area contributed by atoms with Gasteiger partial charge in [-0.15, -0.1) is 0 Å². The molecule has 270 valence electrons. The van der Waals surface area contributed by atoms with E-state index in [0.29, 0.717) is 34.3 Å². The highest BCUT2D eigenvalue weighted by Gasteiger charge is 2.17. The molecule has 3 amide bonds. The van der Waals surface area contributed by atoms with E-state index in [0.717, 1.165) is 33.3 Å². The molecule has 54 heavy (non-hydrogen) atoms. The smallest absolute Gasteiger partial charge is 0.324 e. The van der Waals surface area contributed by atoms with Gasteiger partial charge in [0.15, 0.2) is 0 Å². The molecule has 7 rings (SSSR count). The second-order valence-corrected chi connectivity index (χ2v) is 12.1. The number of amides is 3. The molecule has 0 aliphatic carbocycles. The molecule has 2 aromatic heterocycles. The Balaban J connectivity index is 1.10. The minimum absolute atomic E-state index is 0.122. The number of ether oxygens (including phenoxy) is 2. The molecule has 7 aromatic rings. The first kappa shape index (κ1) is 35.2. The number of hydrogen-bond donors (Lipinski definition) is 5. The maximum absolute atomic E-state index is 13.6. The van der Waals surface area contributed by atoms with Crippen molar-refractivity contribution < 1.29 is 24.2 Å². The predicted octanol–water partition coefficient (Wildman–Crippen LogP) is 7.70. The molecule has 0 saturated carbocycles. The van der Waals surface area contributed by atoms with Crippen molar-refractivity contribution in [2.24, 2.45) is 0 Å². The van der Waals surface area contributed by atoms with Crippen LogP contribution in [-0.4, -0.2) is 57.1 Å². The maximum Gasteiger partial charge on any atom is 0.324 e. The van der Waals surface area contributed by atoms with Gasteiger partial charge >= 0.3 is 6.03 Å². The topological polar surface area (TPSA) is 165 Å². The van der Waals surface area contributed by atoms with E-state index in [4.69, 9.17) is 19.7 Å². The summed E-state index contributed by atoms with van der Waals surface area (Å²) in [5.41, 5.74) is 4.98. The summed E-state index contributed by atoms with van der Waals surface area (Å²) in [5.74, 6) is 1.58. The van der Waals surface area contributed by atoms with Gasteiger partial charge in [-0.1, -0.05) is 72.3 Å². The molecular weight excluding hydrogens is 685 g/mol. The van der Waals surface area contributed by atoms with Gasteiger partial charge in [0.05, 0.1) is 30.8 Å². The summed E-state index contributed by atoms with van der Waals surface area (Å²) in [4.78, 5) is 34.9. The van der Waals surface area contributed by atoms with Crippen molar-refractivity contribution in [1.82, 2.24) is 25.1 Å². The van der Waals surface area contributed by atoms with Crippen LogP contribution in [-0.2, 0) is 0 Å². The van der Waals surface area contributed by atoms with Crippen LogP contribution in [0.5, 0.6) is 17.4 Å². The normalized spacial score (nSPS) is 10.8. The Kier molecular flexibility index (Phi) is 10.4. The van der Waals surface area contributed by atoms with Gasteiger partial charge in [0.2, 0.25) is 11.8 Å². The van der Waals surface area contributed by atoms with Crippen LogP contribution < -0.4 is 30.7 Å². The van der Waals surface area contributed by atoms with E-state index in [1.165, 1.54) is 7.11 Å². The van der Waals surface area contributed by atoms with Crippen molar-refractivity contribution in [1.29, 1.82) is 0 Å². The number of aromatic nitrogens is 4. The lowest BCUT2D eigenvalue weighted by atomic mass is 10.1. The number of benzene rings is 5. The first-order valence-corrected chi connectivity index (χ1v) is 17.0. The third kappa shape index (κ3) is 8.11. The first-order valence-electron chi connectivity index (χ1n) is 17.0. The van der Waals surface area contributed by atoms with E-state index in [1.807, 2.05) is 91.9 Å². The molecule has 13 heteroatoms. The highest BCUT2D eigenvalue weighted by atomic mass is 16.5. The monoisotopic (exact) mass is 720 g/mol. The maximum atomic E-state index is 13.6. The van der Waals surface area contributed by atoms with Crippen LogP contribution >= 0.6 is 0 Å². The van der Waals surface area contributed by atoms with Crippen molar-refractivity contribution in [2.45, 2.75) is 6.92 Å². The number of carbonyl (C=O) groups excluding carboxylic acids is 2. The van der Waals surface area contributed by atoms with Gasteiger partial charge in [0.25, 0.3) is 5.91 Å². The summed E-state index contributed by atoms with van der Waals surface area (Å²) in [6, 6.07) is 36.7. The number of hydrogen-bond acceptors (Lipinski definition) is 9. The average Bonchev–Trinajstić information content (AvgIpc) is 3.61. The second kappa shape index (κ2) is 16.0. The van der Waals surface area contributed by atoms with Crippen LogP contribution in [0.2, 0.25) is 0 Å². The standard InChI is InChI=1S/C41H36N8O5/c1-26-12-14-30(15-13-26)49-37(25-35(48-49)27-8-4-3-5-9-27)46-41(52)45-34-16-17-36(33-11-7-6-10-32(33)34)54-38-18-19-43-40(47-38)44-29-22-28(23-31(24-29)53-2)39(51)42-20-21-50/h3-19,22-25,50H,20-21H2,1-2H3,(H,42,51)(H,43,44,47)(H2,45,46,52). The van der Waals surface area contributed by atoms with Crippen LogP contribution in [0.4, 0.5) is 27.9 Å². The van der Waals surface area contributed by atoms with Gasteiger partial charge < -0.3 is 30.5 Å². The Labute approximate surface area is 310 Å². The number of methoxy groups -OCH3 is 1. The van der Waals surface area contributed by atoms with E-state index in [1.54, 1.807) is 47.3 Å². The third-order valence-electron chi connectivity index (χ3n) is 8.33. The molecule has 0 bridgehead atoms. The summed E-state index contributed by atoms with van der Waals surface area (Å²) in [6.07, 6.45) is 1.55. The van der Waals surface area contributed by atoms with Gasteiger partial charge in [-0.2, -0.15) is 10.1 Å². The van der Waals surface area contributed by atoms with Crippen LogP contribution in [0.15, 0.2) is 128 Å². The number of aliphatic hydroxyl groups is 1. The number of rotatable bonds is 12. The molecule has 0 aliphatic heterocycles. The Morgan fingerprint density at radius 3 is 2.39 bits per heavy atom. The van der Waals surface area contributed by atoms with Gasteiger partial charge in [0.1, 0.15) is 17.3 Å². The summed E-state index contributed by atoms with van der Waals surface area (Å²) in [5, 5.41) is 27.1. The van der Waals surface area contributed by atoms with E-state index < -0.39 is 6.03 Å². The fourth-order valence-corrected chi connectivity index (χ4v) is 5.73. The van der Waals surface area contributed by atoms with Gasteiger partial charge in [-0.3, -0.25) is 10.1 Å². The number of aliphatic hydroxyl groups excluding tert-OH is 1. The van der Waals surface area contributed by atoms with Crippen molar-refractivity contribution >= 4 is 45.9 Å². The number of anilines is 4. The highest BCUT2D eigenvalue weighted by Crippen LogP contribution is 2.35. The minimum atomic E-state index is -0.445. The number of aryl methyl sites for hydroxylation is 1. The Morgan fingerprint density at radius 2 is 1.61 bits per heavy atom. The minimum Gasteiger partial charge on any atom is -0.497 e. The van der Waals surface area contributed by atoms with Gasteiger partial charge in [-0.25, -0.2) is 14.5 Å². The SMILES string of the molecule is COc1cc(Nc2nccc(Oc3ccc(NC(=O)Nc4cc(-c5ccccc5)nn4-c4ccc(C)cc4)c4ccccc34)n2)cc(C(=O)NCCO)c1. The molecule has 0 saturated heterocycles. The summed E-state index contributed by atoms with van der Waals surface area (Å²) < 4.78 is 13.3. The largest absolute Gasteiger partial charge is 0.497 e. The van der Waals surface area contributed by atoms with Gasteiger partial charge in [0, 0.05) is 58.5 Å². The van der Waals surface area contributed by atoms with Crippen LogP contribution in [0.3, 0.4) is 0 Å². The average molecular weight is 721 g/mol. The first-order chi connectivity index (χ1) is 26.4. The highest BCUT2D eigenvalue weighted by molar-refractivity contribution is 6.07. The number of nitrogens with one attached hydrogen (secondary N) is 4. The molecule has 0 aliphatic rings. The zero-order valence-electron chi connectivity index (χ0n) is 29.4. The summed E-state index contributed by atoms with van der Waals surface area (Å²) in [7, 11) is 1.50. The Morgan fingerprint density at radius 1 is 0.833 bits per heavy atom. The van der Waals surface area contributed by atoms with E-state index in [2.05, 4.69) is 31.2 Å². The predicted molar refractivity (Wildman–Crippen MR) is 208 cm³/mol. The number of urea groups is 1. The lowest BCUT2D eigenvalue weighted by Crippen LogP contribution is -2.26. The molecule has 0 unspecified atom stereocenters. The lowest BCUT2D eigenvalue weighted by Gasteiger charge is -2.14. The summed E-state index contributed by atoms with van der Waals surface area (Å²) >= 11 is 0. The molecule has 5 N–H and O–H groups in total. The molecule has 0 atom stereocenters. The van der Waals surface area contributed by atoms with Crippen LogP contribution in [0, 0.1) is 6.92 Å². The van der Waals surface area contributed by atoms with Crippen molar-refractivity contribution in [3.63, 3.8) is 0 Å². The molecule has 0 radical (unpaired) electrons. The molecule has 0 spiro atoms. The number of carbonyl (C=O) groups is 2. The lowest BCUT2D eigenvalue weighted by molar-refractivity contribution is 0.0944. The molecule has 2 heterocycles. The molecule has 5 aromatic carbocycles. The zero-order chi connectivity index (χ0) is 37.4. The van der Waals surface area contributed by atoms with Crippen molar-refractivity contribution in [3.05, 3.63) is 139 Å². The number of fused-ring (bicyclic) bond motifs is 1. The van der Waals surface area contributed by atoms with Gasteiger partial charge in [-0.05, 0) is 43.3 Å². The summed E-state index contributed by atoms with van der Waals surface area (Å²) in [6.45, 7) is 1.96. The quantitative estimate of drug-likeness (QED) is 0.0851. The van der Waals surface area contributed by atoms with Crippen molar-refractivity contribution in [2.75, 3.05) is 36.2 Å². The fourth-order valence-electron chi connectivity index (χ4n) is 5.73. The van der Waals surface area contributed by atoms with E-state index in [9.17, 15) is 9.59 Å². The fraction of sp³-hybridized carbons (Fsp3) is 0.0976. The zero-order valence-corrected chi connectivity index (χ0v) is 29.4. The third-order valence-corrected chi connectivity index (χ3v) is 8.33. The van der Waals surface area contributed by atoms with Crippen LogP contribution in [0.25, 0.3) is 27.7 Å². The van der Waals surface area contributed by atoms with Crippen LogP contribution in [0.1, 0.15) is 15.9 Å². The van der Waals surface area contributed by atoms with E-state index >= 15 is 0 Å². The molecular formula is C41H36N8O5. The van der Waals surface area contributed by atoms with Crippen molar-refractivity contribution in [3.8, 4) is 34.3 Å². The second-order valence-electron chi connectivity index (χ2n) is 12.1. The van der Waals surface area contributed by atoms with E-state index in [-0.39, 0.29) is 30.9 Å². The molecule has 0 fully saturated rings. The Hall–Kier alpha value is -7.25. The Bertz CT molecular complexity index is 2430. The molecule has 13 nitrogen and oxygen atoms in total. The number of nitrogens with zero attached hydrogens (tertiary/aromatic N) is 4.